The first kappa shape index (κ1) is 24.7. The Kier molecular flexibility index (Phi) is 7.35. The van der Waals surface area contributed by atoms with Crippen LogP contribution in [0.1, 0.15) is 65.5 Å². The van der Waals surface area contributed by atoms with E-state index < -0.39 is 8.32 Å². The fourth-order valence-electron chi connectivity index (χ4n) is 4.09. The number of hydrogen-bond acceptors (Lipinski definition) is 3. The topological polar surface area (TPSA) is 40.5 Å². The molecule has 2 atom stereocenters. The molecule has 0 radical (unpaired) electrons. The van der Waals surface area contributed by atoms with Crippen molar-refractivity contribution < 1.29 is 18.3 Å². The van der Waals surface area contributed by atoms with Gasteiger partial charge in [0.15, 0.2) is 8.32 Å². The fraction of sp³-hybridized carbons (Fsp3) is 0.577. The lowest BCUT2D eigenvalue weighted by molar-refractivity contribution is -0.159. The first-order valence-electron chi connectivity index (χ1n) is 11.7. The molecule has 2 heterocycles. The summed E-state index contributed by atoms with van der Waals surface area (Å²) in [5.41, 5.74) is 3.27. The van der Waals surface area contributed by atoms with Crippen LogP contribution in [0.2, 0.25) is 18.1 Å². The number of cyclic esters (lactones) is 1. The van der Waals surface area contributed by atoms with E-state index in [1.807, 2.05) is 12.1 Å². The van der Waals surface area contributed by atoms with Gasteiger partial charge in [-0.15, -0.1) is 0 Å². The molecule has 0 saturated carbocycles. The predicted molar refractivity (Wildman–Crippen MR) is 130 cm³/mol. The van der Waals surface area contributed by atoms with Crippen molar-refractivity contribution in [2.75, 3.05) is 0 Å². The van der Waals surface area contributed by atoms with Crippen LogP contribution in [0.5, 0.6) is 0 Å². The molecule has 2 unspecified atom stereocenters. The van der Waals surface area contributed by atoms with Gasteiger partial charge in [0.05, 0.1) is 12.5 Å². The molecular formula is C26H38FNO3Si. The van der Waals surface area contributed by atoms with Crippen LogP contribution < -0.4 is 0 Å². The average Bonchev–Trinajstić information content (AvgIpc) is 3.09. The van der Waals surface area contributed by atoms with E-state index in [9.17, 15) is 9.18 Å². The van der Waals surface area contributed by atoms with E-state index >= 15 is 0 Å². The highest BCUT2D eigenvalue weighted by atomic mass is 28.4. The molecule has 1 saturated heterocycles. The minimum atomic E-state index is -1.95. The summed E-state index contributed by atoms with van der Waals surface area (Å²) in [6.07, 6.45) is 1.57. The summed E-state index contributed by atoms with van der Waals surface area (Å²) in [4.78, 5) is 12.3. The number of benzene rings is 1. The summed E-state index contributed by atoms with van der Waals surface area (Å²) in [5.74, 6) is -0.0501. The van der Waals surface area contributed by atoms with Gasteiger partial charge in [0.1, 0.15) is 11.9 Å². The number of hydrogen-bond donors (Lipinski definition) is 0. The lowest BCUT2D eigenvalue weighted by atomic mass is 10.0. The van der Waals surface area contributed by atoms with E-state index in [1.165, 1.54) is 17.8 Å². The van der Waals surface area contributed by atoms with Gasteiger partial charge in [-0.1, -0.05) is 34.6 Å². The zero-order valence-electron chi connectivity index (χ0n) is 20.6. The number of rotatable bonds is 7. The molecule has 0 N–H and O–H groups in total. The Morgan fingerprint density at radius 1 is 1.16 bits per heavy atom. The highest BCUT2D eigenvalue weighted by molar-refractivity contribution is 6.74. The van der Waals surface area contributed by atoms with Gasteiger partial charge >= 0.3 is 5.97 Å². The minimum Gasteiger partial charge on any atom is -0.462 e. The van der Waals surface area contributed by atoms with E-state index in [4.69, 9.17) is 9.16 Å². The second kappa shape index (κ2) is 9.52. The van der Waals surface area contributed by atoms with Crippen molar-refractivity contribution >= 4 is 14.3 Å². The molecule has 1 aliphatic heterocycles. The molecule has 2 aromatic rings. The molecule has 1 aromatic carbocycles. The molecule has 0 aliphatic carbocycles. The van der Waals surface area contributed by atoms with Crippen molar-refractivity contribution in [1.82, 2.24) is 4.57 Å². The molecule has 3 rings (SSSR count). The van der Waals surface area contributed by atoms with Crippen molar-refractivity contribution in [3.63, 3.8) is 0 Å². The number of nitrogens with zero attached hydrogens (tertiary/aromatic N) is 1. The molecule has 1 aromatic heterocycles. The average molecular weight is 460 g/mol. The van der Waals surface area contributed by atoms with Crippen molar-refractivity contribution in [3.05, 3.63) is 47.9 Å². The summed E-state index contributed by atoms with van der Waals surface area (Å²) >= 11 is 0. The third-order valence-electron chi connectivity index (χ3n) is 6.91. The third kappa shape index (κ3) is 5.70. The zero-order valence-corrected chi connectivity index (χ0v) is 21.6. The van der Waals surface area contributed by atoms with Crippen LogP contribution in [0, 0.1) is 5.82 Å². The Hall–Kier alpha value is -1.92. The molecule has 1 fully saturated rings. The number of esters is 1. The normalized spacial score (nSPS) is 20.0. The molecule has 176 valence electrons. The number of carbonyl (C=O) groups excluding carboxylic acids is 1. The van der Waals surface area contributed by atoms with Crippen LogP contribution in [0.4, 0.5) is 4.39 Å². The first-order chi connectivity index (χ1) is 14.9. The zero-order chi connectivity index (χ0) is 23.7. The minimum absolute atomic E-state index is 0.0760. The molecular weight excluding hydrogens is 421 g/mol. The Bertz CT molecular complexity index is 928. The van der Waals surface area contributed by atoms with Crippen molar-refractivity contribution in [2.24, 2.45) is 0 Å². The van der Waals surface area contributed by atoms with Gasteiger partial charge in [-0.3, -0.25) is 4.79 Å². The summed E-state index contributed by atoms with van der Waals surface area (Å²) in [6.45, 7) is 16.2. The highest BCUT2D eigenvalue weighted by Crippen LogP contribution is 2.39. The smallest absolute Gasteiger partial charge is 0.308 e. The lowest BCUT2D eigenvalue weighted by Crippen LogP contribution is -2.47. The maximum Gasteiger partial charge on any atom is 0.308 e. The van der Waals surface area contributed by atoms with Gasteiger partial charge in [-0.25, -0.2) is 4.39 Å². The van der Waals surface area contributed by atoms with Gasteiger partial charge < -0.3 is 13.7 Å². The number of aromatic nitrogens is 1. The van der Waals surface area contributed by atoms with Gasteiger partial charge in [0, 0.05) is 30.8 Å². The molecule has 32 heavy (non-hydrogen) atoms. The van der Waals surface area contributed by atoms with Gasteiger partial charge in [0.2, 0.25) is 0 Å². The van der Waals surface area contributed by atoms with Gasteiger partial charge in [-0.05, 0) is 66.0 Å². The van der Waals surface area contributed by atoms with E-state index in [2.05, 4.69) is 64.4 Å². The van der Waals surface area contributed by atoms with E-state index in [0.29, 0.717) is 12.3 Å². The Morgan fingerprint density at radius 2 is 1.81 bits per heavy atom. The van der Waals surface area contributed by atoms with E-state index in [0.717, 1.165) is 30.6 Å². The van der Waals surface area contributed by atoms with Crippen molar-refractivity contribution in [2.45, 2.75) is 96.7 Å². The molecule has 6 heteroatoms. The molecule has 0 spiro atoms. The lowest BCUT2D eigenvalue weighted by Gasteiger charge is -2.41. The molecule has 0 amide bonds. The standard InChI is InChI=1S/C26H38FNO3Si/c1-18(2)23-12-13-24(19-8-10-20(27)11-9-19)28(23)15-14-21-16-22(17-25(29)30-21)31-32(6,7)26(3,4)5/h8-13,18,21-22H,14-17H2,1-7H3. The third-order valence-corrected chi connectivity index (χ3v) is 11.4. The maximum atomic E-state index is 13.4. The van der Waals surface area contributed by atoms with Crippen molar-refractivity contribution in [1.29, 1.82) is 0 Å². The predicted octanol–water partition coefficient (Wildman–Crippen LogP) is 6.90. The highest BCUT2D eigenvalue weighted by Gasteiger charge is 2.41. The summed E-state index contributed by atoms with van der Waals surface area (Å²) < 4.78 is 28.0. The second-order valence-corrected chi connectivity index (χ2v) is 15.6. The SMILES string of the molecule is CC(C)c1ccc(-c2ccc(F)cc2)n1CCC1CC(O[Si](C)(C)C(C)(C)C)CC(=O)O1. The fourth-order valence-corrected chi connectivity index (χ4v) is 5.45. The summed E-state index contributed by atoms with van der Waals surface area (Å²) in [6, 6.07) is 10.9. The Labute approximate surface area is 193 Å². The number of ether oxygens (including phenoxy) is 1. The van der Waals surface area contributed by atoms with Gasteiger partial charge in [0.25, 0.3) is 0 Å². The van der Waals surface area contributed by atoms with Crippen LogP contribution >= 0.6 is 0 Å². The molecule has 4 nitrogen and oxygen atoms in total. The van der Waals surface area contributed by atoms with E-state index in [-0.39, 0.29) is 29.0 Å². The Morgan fingerprint density at radius 3 is 2.41 bits per heavy atom. The van der Waals surface area contributed by atoms with Crippen LogP contribution in [0.3, 0.4) is 0 Å². The quantitative estimate of drug-likeness (QED) is 0.334. The second-order valence-electron chi connectivity index (χ2n) is 10.8. The Balaban J connectivity index is 1.75. The van der Waals surface area contributed by atoms with E-state index in [1.54, 1.807) is 0 Å². The number of halogens is 1. The van der Waals surface area contributed by atoms with Crippen LogP contribution in [0.25, 0.3) is 11.3 Å². The maximum absolute atomic E-state index is 13.4. The van der Waals surface area contributed by atoms with Crippen molar-refractivity contribution in [3.8, 4) is 11.3 Å². The van der Waals surface area contributed by atoms with Crippen LogP contribution in [-0.2, 0) is 20.5 Å². The summed E-state index contributed by atoms with van der Waals surface area (Å²) in [7, 11) is -1.95. The molecule has 1 aliphatic rings. The van der Waals surface area contributed by atoms with Crippen LogP contribution in [-0.4, -0.2) is 31.1 Å². The van der Waals surface area contributed by atoms with Gasteiger partial charge in [-0.2, -0.15) is 0 Å². The largest absolute Gasteiger partial charge is 0.462 e. The van der Waals surface area contributed by atoms with Crippen LogP contribution in [0.15, 0.2) is 36.4 Å². The summed E-state index contributed by atoms with van der Waals surface area (Å²) in [5, 5.41) is 0.102. The molecule has 0 bridgehead atoms. The number of carbonyl (C=O) groups is 1. The monoisotopic (exact) mass is 459 g/mol. The first-order valence-corrected chi connectivity index (χ1v) is 14.6.